The van der Waals surface area contributed by atoms with Gasteiger partial charge in [-0.25, -0.2) is 15.0 Å². The van der Waals surface area contributed by atoms with Crippen molar-refractivity contribution in [3.8, 4) is 0 Å². The minimum Gasteiger partial charge on any atom is -0.384 e. The van der Waals surface area contributed by atoms with Crippen LogP contribution in [0.25, 0.3) is 5.70 Å². The monoisotopic (exact) mass is 354 g/mol. The molecular weight excluding hydrogens is 328 g/mol. The number of hydrogen-bond acceptors (Lipinski definition) is 7. The Morgan fingerprint density at radius 2 is 2.08 bits per heavy atom. The summed E-state index contributed by atoms with van der Waals surface area (Å²) in [6.07, 6.45) is 2.62. The Labute approximate surface area is 154 Å². The molecule has 2 N–H and O–H groups in total. The van der Waals surface area contributed by atoms with Crippen LogP contribution in [0, 0.1) is 0 Å². The first-order valence-electron chi connectivity index (χ1n) is 8.89. The number of allylic oxidation sites excluding steroid dienone is 1. The maximum atomic E-state index is 5.74. The molecule has 1 aromatic rings. The van der Waals surface area contributed by atoms with Crippen molar-refractivity contribution >= 4 is 23.1 Å². The van der Waals surface area contributed by atoms with Crippen LogP contribution >= 0.6 is 0 Å². The standard InChI is InChI=1S/C19H26N6O/c1-5-13(2)23-25-14(3)18(16-6-7-17(20)21-12-16)22-19(15(25)4)24-8-10-26-11-9-24/h6-7,12H,4-5,8-11H2,1-3H3,(H2,20,21)/b23-13+. The Bertz CT molecular complexity index is 772. The Morgan fingerprint density at radius 3 is 2.69 bits per heavy atom. The number of anilines is 1. The number of nitrogens with two attached hydrogens (primary N) is 1. The molecule has 2 aliphatic heterocycles. The molecule has 7 heteroatoms. The van der Waals surface area contributed by atoms with Gasteiger partial charge in [-0.15, -0.1) is 0 Å². The molecule has 0 saturated carbocycles. The SMILES string of the molecule is C=C1C(N2CCOCC2)=NC(c2ccc(N)nc2)=C(C)N1/N=C(\C)CC. The topological polar surface area (TPSA) is 79.3 Å². The van der Waals surface area contributed by atoms with E-state index in [2.05, 4.69) is 23.4 Å². The molecule has 1 fully saturated rings. The zero-order valence-electron chi connectivity index (χ0n) is 15.7. The summed E-state index contributed by atoms with van der Waals surface area (Å²) in [6.45, 7) is 13.3. The van der Waals surface area contributed by atoms with E-state index in [1.807, 2.05) is 24.9 Å². The third-order valence-electron chi connectivity index (χ3n) is 4.54. The molecular formula is C19H26N6O. The quantitative estimate of drug-likeness (QED) is 0.844. The van der Waals surface area contributed by atoms with Crippen molar-refractivity contribution in [1.29, 1.82) is 0 Å². The third-order valence-corrected chi connectivity index (χ3v) is 4.54. The van der Waals surface area contributed by atoms with E-state index in [0.29, 0.717) is 19.0 Å². The minimum absolute atomic E-state index is 0.487. The molecule has 7 nitrogen and oxygen atoms in total. The van der Waals surface area contributed by atoms with Gasteiger partial charge in [0.2, 0.25) is 0 Å². The normalized spacial score (nSPS) is 19.1. The first-order chi connectivity index (χ1) is 12.5. The van der Waals surface area contributed by atoms with Gasteiger partial charge in [0.15, 0.2) is 5.84 Å². The van der Waals surface area contributed by atoms with Crippen LogP contribution in [0.5, 0.6) is 0 Å². The van der Waals surface area contributed by atoms with Crippen LogP contribution in [0.3, 0.4) is 0 Å². The zero-order chi connectivity index (χ0) is 18.7. The van der Waals surface area contributed by atoms with Crippen LogP contribution in [-0.4, -0.2) is 52.7 Å². The summed E-state index contributed by atoms with van der Waals surface area (Å²) < 4.78 is 5.48. The molecule has 1 aromatic heterocycles. The second-order valence-corrected chi connectivity index (χ2v) is 6.39. The highest BCUT2D eigenvalue weighted by atomic mass is 16.5. The van der Waals surface area contributed by atoms with E-state index in [-0.39, 0.29) is 0 Å². The zero-order valence-corrected chi connectivity index (χ0v) is 15.7. The molecule has 138 valence electrons. The van der Waals surface area contributed by atoms with Crippen LogP contribution in [0.2, 0.25) is 0 Å². The fraction of sp³-hybridized carbons (Fsp3) is 0.421. The fourth-order valence-electron chi connectivity index (χ4n) is 2.87. The fourth-order valence-corrected chi connectivity index (χ4v) is 2.87. The highest BCUT2D eigenvalue weighted by Crippen LogP contribution is 2.32. The van der Waals surface area contributed by atoms with E-state index in [9.17, 15) is 0 Å². The van der Waals surface area contributed by atoms with Gasteiger partial charge in [0.25, 0.3) is 0 Å². The van der Waals surface area contributed by atoms with Gasteiger partial charge in [0.1, 0.15) is 11.5 Å². The second kappa shape index (κ2) is 7.70. The number of rotatable bonds is 3. The smallest absolute Gasteiger partial charge is 0.154 e. The Kier molecular flexibility index (Phi) is 5.37. The van der Waals surface area contributed by atoms with Crippen LogP contribution in [0.4, 0.5) is 5.82 Å². The number of aromatic nitrogens is 1. The number of amidine groups is 1. The lowest BCUT2D eigenvalue weighted by molar-refractivity contribution is 0.0675. The van der Waals surface area contributed by atoms with Gasteiger partial charge in [0.05, 0.1) is 24.6 Å². The van der Waals surface area contributed by atoms with Crippen molar-refractivity contribution in [2.45, 2.75) is 27.2 Å². The summed E-state index contributed by atoms with van der Waals surface area (Å²) in [5.41, 5.74) is 10.2. The van der Waals surface area contributed by atoms with Crippen molar-refractivity contribution < 1.29 is 4.74 Å². The number of morpholine rings is 1. The van der Waals surface area contributed by atoms with Gasteiger partial charge in [0, 0.05) is 30.6 Å². The summed E-state index contributed by atoms with van der Waals surface area (Å²) in [5, 5.41) is 6.65. The van der Waals surface area contributed by atoms with Crippen LogP contribution in [0.1, 0.15) is 32.8 Å². The van der Waals surface area contributed by atoms with Crippen LogP contribution < -0.4 is 5.73 Å². The number of hydrogen-bond donors (Lipinski definition) is 1. The average molecular weight is 354 g/mol. The molecule has 2 aliphatic rings. The van der Waals surface area contributed by atoms with E-state index >= 15 is 0 Å². The molecule has 0 aromatic carbocycles. The van der Waals surface area contributed by atoms with Gasteiger partial charge in [-0.3, -0.25) is 0 Å². The lowest BCUT2D eigenvalue weighted by Crippen LogP contribution is -2.44. The van der Waals surface area contributed by atoms with Crippen LogP contribution in [-0.2, 0) is 4.74 Å². The highest BCUT2D eigenvalue weighted by Gasteiger charge is 2.29. The van der Waals surface area contributed by atoms with E-state index in [4.69, 9.17) is 20.6 Å². The van der Waals surface area contributed by atoms with Crippen LogP contribution in [0.15, 0.2) is 46.4 Å². The van der Waals surface area contributed by atoms with Gasteiger partial charge in [-0.2, -0.15) is 5.10 Å². The molecule has 0 unspecified atom stereocenters. The van der Waals surface area contributed by atoms with E-state index in [0.717, 1.165) is 53.7 Å². The maximum Gasteiger partial charge on any atom is 0.154 e. The molecule has 1 saturated heterocycles. The molecule has 0 radical (unpaired) electrons. The summed E-state index contributed by atoms with van der Waals surface area (Å²) in [5.74, 6) is 1.32. The van der Waals surface area contributed by atoms with Gasteiger partial charge in [-0.1, -0.05) is 13.5 Å². The summed E-state index contributed by atoms with van der Waals surface area (Å²) in [7, 11) is 0. The van der Waals surface area contributed by atoms with E-state index in [1.165, 1.54) is 0 Å². The second-order valence-electron chi connectivity index (χ2n) is 6.39. The summed E-state index contributed by atoms with van der Waals surface area (Å²) in [4.78, 5) is 11.3. The number of nitrogen functional groups attached to an aromatic ring is 1. The van der Waals surface area contributed by atoms with Crippen molar-refractivity contribution in [3.63, 3.8) is 0 Å². The van der Waals surface area contributed by atoms with E-state index in [1.54, 1.807) is 12.3 Å². The van der Waals surface area contributed by atoms with E-state index < -0.39 is 0 Å². The lowest BCUT2D eigenvalue weighted by Gasteiger charge is -2.36. The average Bonchev–Trinajstić information content (AvgIpc) is 2.66. The number of ether oxygens (including phenoxy) is 1. The predicted octanol–water partition coefficient (Wildman–Crippen LogP) is 2.70. The van der Waals surface area contributed by atoms with Crippen molar-refractivity contribution in [2.24, 2.45) is 10.1 Å². The minimum atomic E-state index is 0.487. The van der Waals surface area contributed by atoms with Gasteiger partial charge < -0.3 is 15.4 Å². The molecule has 3 rings (SSSR count). The molecule has 0 bridgehead atoms. The van der Waals surface area contributed by atoms with Gasteiger partial charge >= 0.3 is 0 Å². The first kappa shape index (κ1) is 18.1. The molecule has 0 aliphatic carbocycles. The van der Waals surface area contributed by atoms with Crippen molar-refractivity contribution in [3.05, 3.63) is 41.9 Å². The summed E-state index contributed by atoms with van der Waals surface area (Å²) >= 11 is 0. The largest absolute Gasteiger partial charge is 0.384 e. The Balaban J connectivity index is 2.08. The number of aliphatic imine (C=N–C) groups is 1. The highest BCUT2D eigenvalue weighted by molar-refractivity contribution is 6.03. The third kappa shape index (κ3) is 3.62. The molecule has 0 amide bonds. The molecule has 0 atom stereocenters. The number of nitrogens with zero attached hydrogens (tertiary/aromatic N) is 5. The Hall–Kier alpha value is -2.67. The Morgan fingerprint density at radius 1 is 1.35 bits per heavy atom. The number of hydrazone groups is 1. The van der Waals surface area contributed by atoms with Gasteiger partial charge in [-0.05, 0) is 32.4 Å². The van der Waals surface area contributed by atoms with Crippen molar-refractivity contribution in [2.75, 3.05) is 32.0 Å². The molecule has 3 heterocycles. The lowest BCUT2D eigenvalue weighted by atomic mass is 10.1. The molecule has 26 heavy (non-hydrogen) atoms. The predicted molar refractivity (Wildman–Crippen MR) is 105 cm³/mol. The molecule has 0 spiro atoms. The number of pyridine rings is 1. The summed E-state index contributed by atoms with van der Waals surface area (Å²) in [6, 6.07) is 3.72. The maximum absolute atomic E-state index is 5.74. The van der Waals surface area contributed by atoms with Crippen molar-refractivity contribution in [1.82, 2.24) is 14.9 Å². The first-order valence-corrected chi connectivity index (χ1v) is 8.89.